The molecule has 11 heteroatoms. The van der Waals surface area contributed by atoms with E-state index in [-0.39, 0.29) is 9.92 Å². The Morgan fingerprint density at radius 2 is 1.63 bits per heavy atom. The second-order valence-electron chi connectivity index (χ2n) is 7.04. The Morgan fingerprint density at radius 1 is 0.933 bits per heavy atom. The van der Waals surface area contributed by atoms with Crippen molar-refractivity contribution in [1.29, 1.82) is 0 Å². The Kier molecular flexibility index (Phi) is 5.71. The standard InChI is InChI=1S/C19H20Cl2N6O2S/c1-13-9-14(2)27(24-13)19-11-18(22-12-23-19)25-5-7-26(8-6-25)30(28,29)17-10-15(20)3-4-16(17)21/h3-4,9-12H,5-8H2,1-2H3. The molecular weight excluding hydrogens is 447 g/mol. The molecule has 1 aromatic carbocycles. The Labute approximate surface area is 185 Å². The smallest absolute Gasteiger partial charge is 0.244 e. The number of nitrogens with zero attached hydrogens (tertiary/aromatic N) is 6. The first-order valence-corrected chi connectivity index (χ1v) is 11.5. The molecule has 0 spiro atoms. The third-order valence-electron chi connectivity index (χ3n) is 4.94. The van der Waals surface area contributed by atoms with Gasteiger partial charge in [0.15, 0.2) is 5.82 Å². The maximum atomic E-state index is 13.0. The number of benzene rings is 1. The third-order valence-corrected chi connectivity index (χ3v) is 7.55. The summed E-state index contributed by atoms with van der Waals surface area (Å²) in [6.07, 6.45) is 1.50. The summed E-state index contributed by atoms with van der Waals surface area (Å²) in [7, 11) is -3.73. The summed E-state index contributed by atoms with van der Waals surface area (Å²) in [4.78, 5) is 10.7. The Balaban J connectivity index is 1.52. The lowest BCUT2D eigenvalue weighted by Gasteiger charge is -2.34. The molecule has 30 heavy (non-hydrogen) atoms. The maximum Gasteiger partial charge on any atom is 0.244 e. The molecule has 0 amide bonds. The summed E-state index contributed by atoms with van der Waals surface area (Å²) < 4.78 is 29.2. The molecule has 0 saturated carbocycles. The predicted octanol–water partition coefficient (Wildman–Crippen LogP) is 3.10. The average molecular weight is 467 g/mol. The largest absolute Gasteiger partial charge is 0.354 e. The summed E-state index contributed by atoms with van der Waals surface area (Å²) in [6.45, 7) is 5.49. The van der Waals surface area contributed by atoms with Gasteiger partial charge in [-0.05, 0) is 38.1 Å². The number of halogens is 2. The zero-order valence-electron chi connectivity index (χ0n) is 16.5. The van der Waals surface area contributed by atoms with E-state index in [0.717, 1.165) is 17.2 Å². The molecule has 0 radical (unpaired) electrons. The van der Waals surface area contributed by atoms with Gasteiger partial charge in [0.25, 0.3) is 0 Å². The molecular formula is C19H20Cl2N6O2S. The molecule has 1 aliphatic rings. The highest BCUT2D eigenvalue weighted by Crippen LogP contribution is 2.29. The van der Waals surface area contributed by atoms with E-state index < -0.39 is 10.0 Å². The zero-order valence-corrected chi connectivity index (χ0v) is 18.8. The first-order chi connectivity index (χ1) is 14.3. The van der Waals surface area contributed by atoms with Crippen molar-refractivity contribution in [3.63, 3.8) is 0 Å². The van der Waals surface area contributed by atoms with Crippen molar-refractivity contribution < 1.29 is 8.42 Å². The third kappa shape index (κ3) is 4.02. The maximum absolute atomic E-state index is 13.0. The highest BCUT2D eigenvalue weighted by molar-refractivity contribution is 7.89. The van der Waals surface area contributed by atoms with E-state index in [9.17, 15) is 8.42 Å². The van der Waals surface area contributed by atoms with Gasteiger partial charge in [0.05, 0.1) is 10.7 Å². The van der Waals surface area contributed by atoms with Crippen LogP contribution in [0.2, 0.25) is 10.0 Å². The highest BCUT2D eigenvalue weighted by Gasteiger charge is 2.30. The molecule has 1 fully saturated rings. The van der Waals surface area contributed by atoms with Gasteiger partial charge in [-0.1, -0.05) is 23.2 Å². The number of rotatable bonds is 4. The van der Waals surface area contributed by atoms with Crippen LogP contribution in [0.3, 0.4) is 0 Å². The van der Waals surface area contributed by atoms with E-state index in [1.54, 1.807) is 10.7 Å². The van der Waals surface area contributed by atoms with Crippen LogP contribution in [-0.4, -0.2) is 58.7 Å². The van der Waals surface area contributed by atoms with Crippen molar-refractivity contribution in [2.24, 2.45) is 0 Å². The molecule has 0 aliphatic carbocycles. The van der Waals surface area contributed by atoms with Gasteiger partial charge in [-0.3, -0.25) is 0 Å². The quantitative estimate of drug-likeness (QED) is 0.587. The van der Waals surface area contributed by atoms with Gasteiger partial charge in [0, 0.05) is 43.0 Å². The van der Waals surface area contributed by atoms with Gasteiger partial charge in [-0.15, -0.1) is 0 Å². The lowest BCUT2D eigenvalue weighted by atomic mass is 10.3. The van der Waals surface area contributed by atoms with Gasteiger partial charge >= 0.3 is 0 Å². The molecule has 0 bridgehead atoms. The van der Waals surface area contributed by atoms with Crippen LogP contribution < -0.4 is 4.90 Å². The molecule has 3 heterocycles. The SMILES string of the molecule is Cc1cc(C)n(-c2cc(N3CCN(S(=O)(=O)c4cc(Cl)ccc4Cl)CC3)ncn2)n1. The Hall–Kier alpha value is -2.20. The average Bonchev–Trinajstić information content (AvgIpc) is 3.08. The number of hydrogen-bond acceptors (Lipinski definition) is 6. The molecule has 0 N–H and O–H groups in total. The predicted molar refractivity (Wildman–Crippen MR) is 116 cm³/mol. The second kappa shape index (κ2) is 8.14. The number of hydrogen-bond donors (Lipinski definition) is 0. The summed E-state index contributed by atoms with van der Waals surface area (Å²) in [5.74, 6) is 1.40. The van der Waals surface area contributed by atoms with Crippen LogP contribution in [0.1, 0.15) is 11.4 Å². The normalized spacial score (nSPS) is 15.5. The summed E-state index contributed by atoms with van der Waals surface area (Å²) in [5.41, 5.74) is 1.89. The number of sulfonamides is 1. The molecule has 8 nitrogen and oxygen atoms in total. The van der Waals surface area contributed by atoms with Crippen LogP contribution in [0.5, 0.6) is 0 Å². The molecule has 2 aromatic heterocycles. The number of aryl methyl sites for hydroxylation is 2. The van der Waals surface area contributed by atoms with Crippen molar-refractivity contribution in [2.45, 2.75) is 18.7 Å². The lowest BCUT2D eigenvalue weighted by Crippen LogP contribution is -2.49. The van der Waals surface area contributed by atoms with Crippen LogP contribution in [0.15, 0.2) is 41.6 Å². The van der Waals surface area contributed by atoms with E-state index in [1.807, 2.05) is 30.9 Å². The first kappa shape index (κ1) is 21.0. The molecule has 0 unspecified atom stereocenters. The van der Waals surface area contributed by atoms with E-state index in [2.05, 4.69) is 15.1 Å². The van der Waals surface area contributed by atoms with E-state index >= 15 is 0 Å². The van der Waals surface area contributed by atoms with Crippen molar-refractivity contribution in [3.05, 3.63) is 58.1 Å². The molecule has 0 atom stereocenters. The van der Waals surface area contributed by atoms with Crippen molar-refractivity contribution in [1.82, 2.24) is 24.1 Å². The van der Waals surface area contributed by atoms with Crippen molar-refractivity contribution in [3.8, 4) is 5.82 Å². The van der Waals surface area contributed by atoms with Gasteiger partial charge in [-0.25, -0.2) is 23.1 Å². The highest BCUT2D eigenvalue weighted by atomic mass is 35.5. The summed E-state index contributed by atoms with van der Waals surface area (Å²) in [5, 5.41) is 4.94. The summed E-state index contributed by atoms with van der Waals surface area (Å²) in [6, 6.07) is 8.28. The molecule has 3 aromatic rings. The van der Waals surface area contributed by atoms with Gasteiger partial charge < -0.3 is 4.90 Å². The minimum Gasteiger partial charge on any atom is -0.354 e. The monoisotopic (exact) mass is 466 g/mol. The van der Waals surface area contributed by atoms with Crippen LogP contribution >= 0.6 is 23.2 Å². The Bertz CT molecular complexity index is 1190. The number of piperazine rings is 1. The zero-order chi connectivity index (χ0) is 21.5. The van der Waals surface area contributed by atoms with Crippen LogP contribution in [-0.2, 0) is 10.0 Å². The first-order valence-electron chi connectivity index (χ1n) is 9.31. The number of aromatic nitrogens is 4. The fourth-order valence-electron chi connectivity index (χ4n) is 3.46. The van der Waals surface area contributed by atoms with E-state index in [0.29, 0.717) is 37.0 Å². The van der Waals surface area contributed by atoms with Gasteiger partial charge in [0.1, 0.15) is 17.0 Å². The van der Waals surface area contributed by atoms with Crippen LogP contribution in [0.25, 0.3) is 5.82 Å². The van der Waals surface area contributed by atoms with Crippen molar-refractivity contribution in [2.75, 3.05) is 31.1 Å². The minimum atomic E-state index is -3.73. The van der Waals surface area contributed by atoms with E-state index in [1.165, 1.54) is 22.8 Å². The van der Waals surface area contributed by atoms with Crippen molar-refractivity contribution >= 4 is 39.0 Å². The molecule has 158 valence electrons. The minimum absolute atomic E-state index is 0.0268. The fourth-order valence-corrected chi connectivity index (χ4v) is 5.62. The lowest BCUT2D eigenvalue weighted by molar-refractivity contribution is 0.383. The molecule has 1 saturated heterocycles. The Morgan fingerprint density at radius 3 is 2.30 bits per heavy atom. The van der Waals surface area contributed by atoms with Gasteiger partial charge in [-0.2, -0.15) is 9.40 Å². The second-order valence-corrected chi connectivity index (χ2v) is 9.79. The number of anilines is 1. The van der Waals surface area contributed by atoms with E-state index in [4.69, 9.17) is 23.2 Å². The fraction of sp³-hybridized carbons (Fsp3) is 0.316. The molecule has 1 aliphatic heterocycles. The van der Waals surface area contributed by atoms with Crippen LogP contribution in [0.4, 0.5) is 5.82 Å². The summed E-state index contributed by atoms with van der Waals surface area (Å²) >= 11 is 12.1. The van der Waals surface area contributed by atoms with Gasteiger partial charge in [0.2, 0.25) is 10.0 Å². The molecule has 4 rings (SSSR count). The topological polar surface area (TPSA) is 84.2 Å². The van der Waals surface area contributed by atoms with Crippen LogP contribution in [0, 0.1) is 13.8 Å².